The van der Waals surface area contributed by atoms with Gasteiger partial charge in [0.1, 0.15) is 6.10 Å². The molecule has 1 aromatic rings. The summed E-state index contributed by atoms with van der Waals surface area (Å²) in [7, 11) is 0. The van der Waals surface area contributed by atoms with Crippen LogP contribution in [-0.4, -0.2) is 38.7 Å². The second-order valence-corrected chi connectivity index (χ2v) is 10.8. The average molecular weight is 412 g/mol. The quantitative estimate of drug-likeness (QED) is 0.771. The molecule has 6 fully saturated rings. The molecule has 1 heterocycles. The van der Waals surface area contributed by atoms with Crippen molar-refractivity contribution in [2.45, 2.75) is 101 Å². The van der Waals surface area contributed by atoms with Crippen LogP contribution in [-0.2, 0) is 0 Å². The van der Waals surface area contributed by atoms with Gasteiger partial charge in [-0.05, 0) is 88.4 Å². The number of amides is 1. The molecule has 6 saturated carbocycles. The van der Waals surface area contributed by atoms with Crippen LogP contribution >= 0.6 is 0 Å². The highest BCUT2D eigenvalue weighted by molar-refractivity contribution is 5.95. The summed E-state index contributed by atoms with van der Waals surface area (Å²) in [6.07, 6.45) is 14.8. The van der Waals surface area contributed by atoms with Gasteiger partial charge in [-0.1, -0.05) is 6.42 Å². The molecule has 0 saturated heterocycles. The predicted octanol–water partition coefficient (Wildman–Crippen LogP) is 3.73. The summed E-state index contributed by atoms with van der Waals surface area (Å²) in [4.78, 5) is 22.5. The first-order chi connectivity index (χ1) is 14.6. The zero-order valence-electron chi connectivity index (χ0n) is 17.7. The summed E-state index contributed by atoms with van der Waals surface area (Å²) in [6, 6.07) is 0.621. The first-order valence-corrected chi connectivity index (χ1v) is 12.1. The Morgan fingerprint density at radius 2 is 1.80 bits per heavy atom. The van der Waals surface area contributed by atoms with Crippen LogP contribution in [0.5, 0.6) is 6.01 Å². The third-order valence-corrected chi connectivity index (χ3v) is 8.65. The smallest absolute Gasteiger partial charge is 0.316 e. The molecule has 6 aliphatic carbocycles. The first-order valence-electron chi connectivity index (χ1n) is 12.1. The third kappa shape index (κ3) is 3.31. The van der Waals surface area contributed by atoms with Gasteiger partial charge in [0, 0.05) is 18.2 Å². The largest absolute Gasteiger partial charge is 0.460 e. The summed E-state index contributed by atoms with van der Waals surface area (Å²) >= 11 is 0. The van der Waals surface area contributed by atoms with Crippen LogP contribution in [0.2, 0.25) is 0 Å². The lowest BCUT2D eigenvalue weighted by Crippen LogP contribution is -2.61. The Bertz CT molecular complexity index is 817. The Kier molecular flexibility index (Phi) is 4.55. The van der Waals surface area contributed by atoms with Gasteiger partial charge >= 0.3 is 6.01 Å². The van der Waals surface area contributed by atoms with Crippen molar-refractivity contribution in [3.63, 3.8) is 0 Å². The van der Waals surface area contributed by atoms with Crippen molar-refractivity contribution in [2.75, 3.05) is 0 Å². The molecule has 0 spiro atoms. The Balaban J connectivity index is 1.21. The maximum atomic E-state index is 13.3. The standard InChI is InChI=1S/C24H33N3O3/c28-22(26-20-16-8-14-9-17(20)12-24(29,10-14)11-16)19-13-25-23(30-18-6-1-2-7-18)27-21(19)15-4-3-5-15/h13-18,20,29H,1-12H2,(H,26,28). The van der Waals surface area contributed by atoms with Crippen molar-refractivity contribution in [2.24, 2.45) is 17.8 Å². The minimum atomic E-state index is -0.475. The molecule has 2 atom stereocenters. The van der Waals surface area contributed by atoms with Crippen LogP contribution in [0.1, 0.15) is 99.0 Å². The van der Waals surface area contributed by atoms with Crippen LogP contribution in [0.25, 0.3) is 0 Å². The molecule has 30 heavy (non-hydrogen) atoms. The van der Waals surface area contributed by atoms with E-state index in [9.17, 15) is 9.90 Å². The average Bonchev–Trinajstić information content (AvgIpc) is 3.15. The highest BCUT2D eigenvalue weighted by Gasteiger charge is 2.55. The summed E-state index contributed by atoms with van der Waals surface area (Å²) in [5.74, 6) is 1.76. The number of hydrogen-bond donors (Lipinski definition) is 2. The first kappa shape index (κ1) is 19.0. The molecule has 0 aromatic carbocycles. The Morgan fingerprint density at radius 1 is 1.07 bits per heavy atom. The highest BCUT2D eigenvalue weighted by atomic mass is 16.5. The molecule has 1 amide bonds. The number of aromatic nitrogens is 2. The molecule has 7 rings (SSSR count). The van der Waals surface area contributed by atoms with E-state index in [1.807, 2.05) is 0 Å². The Labute approximate surface area is 178 Å². The number of aliphatic hydroxyl groups is 1. The molecule has 6 aliphatic rings. The molecular formula is C24H33N3O3. The molecule has 4 bridgehead atoms. The number of hydrogen-bond acceptors (Lipinski definition) is 5. The zero-order chi connectivity index (χ0) is 20.3. The van der Waals surface area contributed by atoms with Gasteiger partial charge in [0.05, 0.1) is 16.9 Å². The summed E-state index contributed by atoms with van der Waals surface area (Å²) in [6.45, 7) is 0. The second-order valence-electron chi connectivity index (χ2n) is 10.8. The minimum Gasteiger partial charge on any atom is -0.460 e. The minimum absolute atomic E-state index is 0.0335. The highest BCUT2D eigenvalue weighted by Crippen LogP contribution is 2.55. The van der Waals surface area contributed by atoms with Crippen molar-refractivity contribution in [3.8, 4) is 6.01 Å². The molecular weight excluding hydrogens is 378 g/mol. The van der Waals surface area contributed by atoms with Crippen molar-refractivity contribution >= 4 is 5.91 Å². The molecule has 1 aromatic heterocycles. The van der Waals surface area contributed by atoms with E-state index in [0.29, 0.717) is 35.2 Å². The van der Waals surface area contributed by atoms with Crippen LogP contribution < -0.4 is 10.1 Å². The number of rotatable bonds is 5. The van der Waals surface area contributed by atoms with E-state index in [2.05, 4.69) is 10.3 Å². The van der Waals surface area contributed by atoms with Gasteiger partial charge in [0.2, 0.25) is 0 Å². The van der Waals surface area contributed by atoms with Crippen LogP contribution in [0.3, 0.4) is 0 Å². The van der Waals surface area contributed by atoms with Crippen molar-refractivity contribution in [1.82, 2.24) is 15.3 Å². The van der Waals surface area contributed by atoms with E-state index in [4.69, 9.17) is 9.72 Å². The van der Waals surface area contributed by atoms with Gasteiger partial charge < -0.3 is 15.2 Å². The number of nitrogens with zero attached hydrogens (tertiary/aromatic N) is 2. The van der Waals surface area contributed by atoms with Gasteiger partial charge in [0.15, 0.2) is 0 Å². The molecule has 2 N–H and O–H groups in total. The lowest BCUT2D eigenvalue weighted by molar-refractivity contribution is -0.136. The predicted molar refractivity (Wildman–Crippen MR) is 111 cm³/mol. The lowest BCUT2D eigenvalue weighted by atomic mass is 9.52. The van der Waals surface area contributed by atoms with Gasteiger partial charge in [-0.25, -0.2) is 4.98 Å². The van der Waals surface area contributed by atoms with E-state index in [1.54, 1.807) is 6.20 Å². The van der Waals surface area contributed by atoms with Gasteiger partial charge in [-0.3, -0.25) is 4.79 Å². The maximum Gasteiger partial charge on any atom is 0.316 e. The fourth-order valence-corrected chi connectivity index (χ4v) is 7.20. The van der Waals surface area contributed by atoms with E-state index in [-0.39, 0.29) is 18.1 Å². The third-order valence-electron chi connectivity index (χ3n) is 8.65. The molecule has 0 aliphatic heterocycles. The molecule has 162 valence electrons. The van der Waals surface area contributed by atoms with E-state index >= 15 is 0 Å². The van der Waals surface area contributed by atoms with Crippen LogP contribution in [0, 0.1) is 17.8 Å². The monoisotopic (exact) mass is 411 g/mol. The summed E-state index contributed by atoms with van der Waals surface area (Å²) in [5.41, 5.74) is 1.03. The van der Waals surface area contributed by atoms with Crippen molar-refractivity contribution in [3.05, 3.63) is 17.5 Å². The zero-order valence-corrected chi connectivity index (χ0v) is 17.7. The van der Waals surface area contributed by atoms with Crippen LogP contribution in [0.4, 0.5) is 0 Å². The SMILES string of the molecule is O=C(NC1C2CC3CC1CC(O)(C3)C2)c1cnc(OC2CCCC2)nc1C1CCC1. The van der Waals surface area contributed by atoms with E-state index in [0.717, 1.165) is 63.5 Å². The van der Waals surface area contributed by atoms with E-state index < -0.39 is 5.60 Å². The second kappa shape index (κ2) is 7.18. The fraction of sp³-hybridized carbons (Fsp3) is 0.792. The fourth-order valence-electron chi connectivity index (χ4n) is 7.20. The molecule has 0 radical (unpaired) electrons. The number of carbonyl (C=O) groups is 1. The number of nitrogens with one attached hydrogen (secondary N) is 1. The molecule has 6 nitrogen and oxygen atoms in total. The Hall–Kier alpha value is -1.69. The topological polar surface area (TPSA) is 84.3 Å². The van der Waals surface area contributed by atoms with Crippen molar-refractivity contribution in [1.29, 1.82) is 0 Å². The lowest BCUT2D eigenvalue weighted by Gasteiger charge is -2.58. The van der Waals surface area contributed by atoms with Crippen molar-refractivity contribution < 1.29 is 14.6 Å². The van der Waals surface area contributed by atoms with Crippen LogP contribution in [0.15, 0.2) is 6.20 Å². The van der Waals surface area contributed by atoms with E-state index in [1.165, 1.54) is 19.3 Å². The normalized spacial score (nSPS) is 37.9. The van der Waals surface area contributed by atoms with Gasteiger partial charge in [-0.2, -0.15) is 4.98 Å². The number of carbonyl (C=O) groups excluding carboxylic acids is 1. The summed E-state index contributed by atoms with van der Waals surface area (Å²) < 4.78 is 6.03. The number of ether oxygens (including phenoxy) is 1. The molecule has 2 unspecified atom stereocenters. The van der Waals surface area contributed by atoms with Gasteiger partial charge in [0.25, 0.3) is 5.91 Å². The Morgan fingerprint density at radius 3 is 2.43 bits per heavy atom. The maximum absolute atomic E-state index is 13.3. The summed E-state index contributed by atoms with van der Waals surface area (Å²) in [5, 5.41) is 14.2. The van der Waals surface area contributed by atoms with Gasteiger partial charge in [-0.15, -0.1) is 0 Å². The molecule has 6 heteroatoms.